The Hall–Kier alpha value is -1.37. The van der Waals surface area contributed by atoms with Crippen molar-refractivity contribution in [3.05, 3.63) is 50.4 Å². The van der Waals surface area contributed by atoms with E-state index in [2.05, 4.69) is 20.9 Å². The number of hydrogen-bond donors (Lipinski definition) is 1. The lowest BCUT2D eigenvalue weighted by Crippen LogP contribution is -1.96. The standard InChI is InChI=1S/C14H9BrClFN2OS/c1-20-7-2-3-9(16)12(4-7)19-13-5-8(15)10(17)6-11(13)18-14(19)21/h2-6H,1H3,(H,18,21). The van der Waals surface area contributed by atoms with Crippen LogP contribution in [0.25, 0.3) is 16.7 Å². The molecule has 0 aliphatic heterocycles. The molecule has 0 unspecified atom stereocenters. The molecule has 3 rings (SSSR count). The minimum Gasteiger partial charge on any atom is -0.497 e. The van der Waals surface area contributed by atoms with Crippen molar-refractivity contribution in [1.82, 2.24) is 9.55 Å². The zero-order chi connectivity index (χ0) is 15.1. The van der Waals surface area contributed by atoms with E-state index in [4.69, 9.17) is 28.6 Å². The second-order valence-corrected chi connectivity index (χ2v) is 6.01. The zero-order valence-electron chi connectivity index (χ0n) is 10.8. The molecule has 1 heterocycles. The van der Waals surface area contributed by atoms with Gasteiger partial charge >= 0.3 is 0 Å². The van der Waals surface area contributed by atoms with E-state index in [1.165, 1.54) is 6.07 Å². The largest absolute Gasteiger partial charge is 0.497 e. The maximum Gasteiger partial charge on any atom is 0.182 e. The molecule has 1 N–H and O–H groups in total. The fourth-order valence-corrected chi connectivity index (χ4v) is 2.97. The zero-order valence-corrected chi connectivity index (χ0v) is 13.9. The highest BCUT2D eigenvalue weighted by Gasteiger charge is 2.13. The van der Waals surface area contributed by atoms with Gasteiger partial charge in [0.25, 0.3) is 0 Å². The van der Waals surface area contributed by atoms with Gasteiger partial charge in [-0.3, -0.25) is 4.57 Å². The van der Waals surface area contributed by atoms with Crippen molar-refractivity contribution in [3.8, 4) is 11.4 Å². The van der Waals surface area contributed by atoms with E-state index in [9.17, 15) is 4.39 Å². The Morgan fingerprint density at radius 3 is 2.81 bits per heavy atom. The molecule has 1 aromatic heterocycles. The first-order chi connectivity index (χ1) is 10.0. The summed E-state index contributed by atoms with van der Waals surface area (Å²) in [7, 11) is 1.58. The molecule has 2 aromatic carbocycles. The number of nitrogens with one attached hydrogen (secondary N) is 1. The summed E-state index contributed by atoms with van der Waals surface area (Å²) in [6.45, 7) is 0. The van der Waals surface area contributed by atoms with Gasteiger partial charge in [0.1, 0.15) is 11.6 Å². The molecule has 108 valence electrons. The fraction of sp³-hybridized carbons (Fsp3) is 0.0714. The number of imidazole rings is 1. The summed E-state index contributed by atoms with van der Waals surface area (Å²) in [5, 5.41) is 0.522. The van der Waals surface area contributed by atoms with Crippen molar-refractivity contribution < 1.29 is 9.13 Å². The lowest BCUT2D eigenvalue weighted by atomic mass is 10.2. The number of rotatable bonds is 2. The molecule has 0 radical (unpaired) electrons. The van der Waals surface area contributed by atoms with Crippen molar-refractivity contribution >= 4 is 50.8 Å². The third-order valence-electron chi connectivity index (χ3n) is 3.12. The molecule has 0 saturated carbocycles. The van der Waals surface area contributed by atoms with Gasteiger partial charge in [-0.1, -0.05) is 11.6 Å². The lowest BCUT2D eigenvalue weighted by Gasteiger charge is -2.09. The van der Waals surface area contributed by atoms with Crippen LogP contribution in [0.1, 0.15) is 0 Å². The minimum atomic E-state index is -0.359. The molecule has 21 heavy (non-hydrogen) atoms. The van der Waals surface area contributed by atoms with Crippen LogP contribution in [0.2, 0.25) is 5.02 Å². The molecule has 0 aliphatic rings. The second-order valence-electron chi connectivity index (χ2n) is 4.37. The van der Waals surface area contributed by atoms with E-state index < -0.39 is 0 Å². The summed E-state index contributed by atoms with van der Waals surface area (Å²) < 4.78 is 21.4. The first-order valence-corrected chi connectivity index (χ1v) is 7.53. The Morgan fingerprint density at radius 2 is 2.10 bits per heavy atom. The van der Waals surface area contributed by atoms with Crippen LogP contribution in [0.4, 0.5) is 4.39 Å². The first-order valence-electron chi connectivity index (χ1n) is 5.95. The number of aromatic nitrogens is 2. The Balaban J connectivity index is 2.37. The maximum absolute atomic E-state index is 13.6. The summed E-state index contributed by atoms with van der Waals surface area (Å²) >= 11 is 14.8. The van der Waals surface area contributed by atoms with E-state index in [0.29, 0.717) is 31.2 Å². The quantitative estimate of drug-likeness (QED) is 0.609. The predicted octanol–water partition coefficient (Wildman–Crippen LogP) is 5.25. The third kappa shape index (κ3) is 2.47. The second kappa shape index (κ2) is 5.44. The van der Waals surface area contributed by atoms with Crippen LogP contribution < -0.4 is 4.74 Å². The predicted molar refractivity (Wildman–Crippen MR) is 87.7 cm³/mol. The van der Waals surface area contributed by atoms with Gasteiger partial charge in [0, 0.05) is 12.1 Å². The van der Waals surface area contributed by atoms with Crippen molar-refractivity contribution in [2.75, 3.05) is 7.11 Å². The number of fused-ring (bicyclic) bond motifs is 1. The van der Waals surface area contributed by atoms with E-state index in [1.54, 1.807) is 35.9 Å². The van der Waals surface area contributed by atoms with Gasteiger partial charge in [-0.15, -0.1) is 0 Å². The number of aromatic amines is 1. The first kappa shape index (κ1) is 14.6. The Bertz CT molecular complexity index is 906. The molecule has 0 aliphatic carbocycles. The molecule has 0 spiro atoms. The molecule has 0 saturated heterocycles. The van der Waals surface area contributed by atoms with E-state index in [0.717, 1.165) is 5.52 Å². The highest BCUT2D eigenvalue weighted by molar-refractivity contribution is 9.10. The van der Waals surface area contributed by atoms with Crippen LogP contribution in [0.5, 0.6) is 5.75 Å². The fourth-order valence-electron chi connectivity index (χ4n) is 2.13. The van der Waals surface area contributed by atoms with Crippen molar-refractivity contribution in [1.29, 1.82) is 0 Å². The topological polar surface area (TPSA) is 29.9 Å². The monoisotopic (exact) mass is 386 g/mol. The summed E-state index contributed by atoms with van der Waals surface area (Å²) in [4.78, 5) is 2.98. The van der Waals surface area contributed by atoms with E-state index >= 15 is 0 Å². The maximum atomic E-state index is 13.6. The Morgan fingerprint density at radius 1 is 1.33 bits per heavy atom. The lowest BCUT2D eigenvalue weighted by molar-refractivity contribution is 0.414. The highest BCUT2D eigenvalue weighted by atomic mass is 79.9. The summed E-state index contributed by atoms with van der Waals surface area (Å²) in [6, 6.07) is 8.32. The van der Waals surface area contributed by atoms with Crippen LogP contribution in [-0.2, 0) is 0 Å². The van der Waals surface area contributed by atoms with Crippen molar-refractivity contribution in [3.63, 3.8) is 0 Å². The average Bonchev–Trinajstić information content (AvgIpc) is 2.75. The number of methoxy groups -OCH3 is 1. The van der Waals surface area contributed by atoms with Crippen LogP contribution in [0, 0.1) is 10.6 Å². The Kier molecular flexibility index (Phi) is 3.77. The summed E-state index contributed by atoms with van der Waals surface area (Å²) in [5.74, 6) is 0.300. The molecule has 7 heteroatoms. The summed E-state index contributed by atoms with van der Waals surface area (Å²) in [5.41, 5.74) is 1.99. The van der Waals surface area contributed by atoms with Crippen molar-refractivity contribution in [2.24, 2.45) is 0 Å². The van der Waals surface area contributed by atoms with Gasteiger partial charge < -0.3 is 9.72 Å². The van der Waals surface area contributed by atoms with Crippen LogP contribution in [-0.4, -0.2) is 16.7 Å². The summed E-state index contributed by atoms with van der Waals surface area (Å²) in [6.07, 6.45) is 0. The SMILES string of the molecule is COc1ccc(Cl)c(-n2c(=S)[nH]c3cc(F)c(Br)cc32)c1. The molecule has 0 amide bonds. The molecule has 3 nitrogen and oxygen atoms in total. The van der Waals surface area contributed by atoms with E-state index in [-0.39, 0.29) is 5.82 Å². The van der Waals surface area contributed by atoms with E-state index in [1.807, 2.05) is 0 Å². The van der Waals surface area contributed by atoms with Gasteiger partial charge in [-0.05, 0) is 46.3 Å². The van der Waals surface area contributed by atoms with Gasteiger partial charge in [-0.25, -0.2) is 4.39 Å². The number of ether oxygens (including phenoxy) is 1. The normalized spacial score (nSPS) is 11.0. The number of benzene rings is 2. The Labute approximate surface area is 138 Å². The number of nitrogens with zero attached hydrogens (tertiary/aromatic N) is 1. The highest BCUT2D eigenvalue weighted by Crippen LogP contribution is 2.31. The van der Waals surface area contributed by atoms with Crippen molar-refractivity contribution in [2.45, 2.75) is 0 Å². The van der Waals surface area contributed by atoms with Gasteiger partial charge in [0.05, 0.1) is 33.3 Å². The van der Waals surface area contributed by atoms with Crippen LogP contribution in [0.3, 0.4) is 0 Å². The number of H-pyrrole nitrogens is 1. The number of halogens is 3. The third-order valence-corrected chi connectivity index (χ3v) is 4.33. The van der Waals surface area contributed by atoms with Crippen LogP contribution >= 0.6 is 39.7 Å². The van der Waals surface area contributed by atoms with Crippen LogP contribution in [0.15, 0.2) is 34.8 Å². The molecular weight excluding hydrogens is 379 g/mol. The molecular formula is C14H9BrClFN2OS. The minimum absolute atomic E-state index is 0.358. The smallest absolute Gasteiger partial charge is 0.182 e. The molecule has 0 atom stereocenters. The van der Waals surface area contributed by atoms with Gasteiger partial charge in [0.15, 0.2) is 4.77 Å². The van der Waals surface area contributed by atoms with Gasteiger partial charge in [-0.2, -0.15) is 0 Å². The van der Waals surface area contributed by atoms with Gasteiger partial charge in [0.2, 0.25) is 0 Å². The molecule has 0 fully saturated rings. The molecule has 0 bridgehead atoms. The molecule has 3 aromatic rings. The number of hydrogen-bond acceptors (Lipinski definition) is 2. The average molecular weight is 388 g/mol.